The van der Waals surface area contributed by atoms with Crippen molar-refractivity contribution >= 4 is 23.7 Å². The molecular weight excluding hydrogens is 515 g/mol. The number of amides is 1. The normalized spacial score (nSPS) is 21.4. The summed E-state index contributed by atoms with van der Waals surface area (Å²) in [6.45, 7) is 5.83. The number of fused-ring (bicyclic) bond motifs is 1. The molecular formula is C29H33FN6O2S. The summed E-state index contributed by atoms with van der Waals surface area (Å²) in [6.07, 6.45) is 10.7. The van der Waals surface area contributed by atoms with Crippen LogP contribution in [0.3, 0.4) is 0 Å². The molecule has 7 rings (SSSR count). The highest BCUT2D eigenvalue weighted by atomic mass is 32.2. The summed E-state index contributed by atoms with van der Waals surface area (Å²) in [5, 5.41) is 5.01. The van der Waals surface area contributed by atoms with Crippen LogP contribution in [0.15, 0.2) is 47.6 Å². The number of halogens is 1. The maximum absolute atomic E-state index is 13.5. The second-order valence-electron chi connectivity index (χ2n) is 12.0. The minimum atomic E-state index is -0.589. The quantitative estimate of drug-likeness (QED) is 0.276. The highest BCUT2D eigenvalue weighted by Crippen LogP contribution is 2.93. The Balaban J connectivity index is 1.07. The van der Waals surface area contributed by atoms with E-state index in [4.69, 9.17) is 9.72 Å². The predicted octanol–water partition coefficient (Wildman–Crippen LogP) is 5.58. The Hall–Kier alpha value is -3.14. The molecule has 1 aliphatic heterocycles. The van der Waals surface area contributed by atoms with Crippen molar-refractivity contribution in [2.75, 3.05) is 18.1 Å². The van der Waals surface area contributed by atoms with Crippen LogP contribution in [0.2, 0.25) is 0 Å². The number of hydrogen-bond donors (Lipinski definition) is 1. The SMILES string of the molecule is CC1(C)CCCN1c1nc(-n2ccc(OCCC3C4(CC4)C34CC4)n2)ccc1C(=O)NSc1cccc(F)n1. The van der Waals surface area contributed by atoms with Crippen LogP contribution < -0.4 is 14.4 Å². The molecule has 1 amide bonds. The number of rotatable bonds is 9. The highest BCUT2D eigenvalue weighted by molar-refractivity contribution is 7.97. The molecule has 0 aromatic carbocycles. The molecule has 3 aromatic rings. The molecule has 3 saturated carbocycles. The van der Waals surface area contributed by atoms with Crippen LogP contribution in [0.1, 0.15) is 69.2 Å². The van der Waals surface area contributed by atoms with E-state index in [1.807, 2.05) is 12.3 Å². The van der Waals surface area contributed by atoms with E-state index in [0.29, 0.717) is 45.5 Å². The van der Waals surface area contributed by atoms with Gasteiger partial charge in [0.25, 0.3) is 5.91 Å². The number of ether oxygens (including phenoxy) is 1. The minimum Gasteiger partial charge on any atom is -0.477 e. The molecule has 4 aliphatic rings. The molecule has 3 aromatic heterocycles. The molecule has 0 unspecified atom stereocenters. The number of nitrogens with zero attached hydrogens (tertiary/aromatic N) is 5. The molecule has 0 radical (unpaired) electrons. The molecule has 1 saturated heterocycles. The first-order valence-corrected chi connectivity index (χ1v) is 14.7. The minimum absolute atomic E-state index is 0.142. The van der Waals surface area contributed by atoms with Crippen molar-refractivity contribution in [3.8, 4) is 11.7 Å². The van der Waals surface area contributed by atoms with Gasteiger partial charge in [0.05, 0.1) is 12.2 Å². The van der Waals surface area contributed by atoms with Gasteiger partial charge < -0.3 is 9.64 Å². The number of anilines is 1. The van der Waals surface area contributed by atoms with Crippen molar-refractivity contribution in [1.29, 1.82) is 0 Å². The molecule has 0 bridgehead atoms. The molecule has 2 spiro atoms. The summed E-state index contributed by atoms with van der Waals surface area (Å²) in [6, 6.07) is 9.93. The molecule has 4 heterocycles. The first-order chi connectivity index (χ1) is 18.8. The fourth-order valence-corrected chi connectivity index (χ4v) is 7.78. The van der Waals surface area contributed by atoms with Gasteiger partial charge in [0.2, 0.25) is 11.8 Å². The molecule has 204 valence electrons. The summed E-state index contributed by atoms with van der Waals surface area (Å²) < 4.78 is 24.0. The molecule has 4 fully saturated rings. The van der Waals surface area contributed by atoms with Crippen LogP contribution >= 0.6 is 11.9 Å². The van der Waals surface area contributed by atoms with E-state index in [1.54, 1.807) is 28.9 Å². The van der Waals surface area contributed by atoms with Gasteiger partial charge in [0.1, 0.15) is 10.8 Å². The van der Waals surface area contributed by atoms with Crippen LogP contribution in [-0.4, -0.2) is 44.3 Å². The molecule has 39 heavy (non-hydrogen) atoms. The first-order valence-electron chi connectivity index (χ1n) is 13.9. The Labute approximate surface area is 231 Å². The van der Waals surface area contributed by atoms with Gasteiger partial charge in [0, 0.05) is 36.3 Å². The standard InChI is InChI=1S/C29H33FN6O2S/c1-27(2)11-4-16-35(27)25-19(26(37)34-39-24-6-3-5-21(30)31-24)7-8-22(32-25)36-17-9-23(33-36)38-18-10-20-28(12-13-28)29(20)14-15-29/h3,5-9,17,20H,4,10-16,18H2,1-2H3,(H,34,37). The Bertz CT molecular complexity index is 1410. The topological polar surface area (TPSA) is 85.2 Å². The zero-order chi connectivity index (χ0) is 26.8. The second-order valence-corrected chi connectivity index (χ2v) is 12.9. The van der Waals surface area contributed by atoms with Crippen molar-refractivity contribution in [3.63, 3.8) is 0 Å². The number of carbonyl (C=O) groups is 1. The van der Waals surface area contributed by atoms with Gasteiger partial charge in [-0.15, -0.1) is 5.10 Å². The van der Waals surface area contributed by atoms with Gasteiger partial charge in [-0.3, -0.25) is 9.52 Å². The number of pyridine rings is 2. The van der Waals surface area contributed by atoms with Gasteiger partial charge in [-0.25, -0.2) is 14.6 Å². The maximum Gasteiger partial charge on any atom is 0.265 e. The van der Waals surface area contributed by atoms with E-state index >= 15 is 0 Å². The van der Waals surface area contributed by atoms with Crippen molar-refractivity contribution < 1.29 is 13.9 Å². The van der Waals surface area contributed by atoms with Crippen molar-refractivity contribution in [2.45, 2.75) is 69.4 Å². The Morgan fingerprint density at radius 3 is 2.59 bits per heavy atom. The van der Waals surface area contributed by atoms with Crippen LogP contribution in [0.5, 0.6) is 5.88 Å². The molecule has 3 aliphatic carbocycles. The lowest BCUT2D eigenvalue weighted by atomic mass is 10.0. The van der Waals surface area contributed by atoms with Crippen LogP contribution in [0.4, 0.5) is 10.2 Å². The largest absolute Gasteiger partial charge is 0.477 e. The van der Waals surface area contributed by atoms with Crippen molar-refractivity contribution in [3.05, 3.63) is 54.1 Å². The van der Waals surface area contributed by atoms with Gasteiger partial charge in [-0.2, -0.15) is 4.39 Å². The van der Waals surface area contributed by atoms with Crippen LogP contribution in [0, 0.1) is 22.7 Å². The van der Waals surface area contributed by atoms with Crippen molar-refractivity contribution in [1.82, 2.24) is 24.5 Å². The highest BCUT2D eigenvalue weighted by Gasteiger charge is 2.85. The van der Waals surface area contributed by atoms with Crippen LogP contribution in [-0.2, 0) is 0 Å². The van der Waals surface area contributed by atoms with Gasteiger partial charge in [-0.05, 0) is 99.8 Å². The average molecular weight is 549 g/mol. The summed E-state index contributed by atoms with van der Waals surface area (Å²) in [7, 11) is 0. The van der Waals surface area contributed by atoms with Gasteiger partial charge in [0.15, 0.2) is 5.82 Å². The molecule has 1 N–H and O–H groups in total. The maximum atomic E-state index is 13.5. The van der Waals surface area contributed by atoms with Gasteiger partial charge >= 0.3 is 0 Å². The lowest BCUT2D eigenvalue weighted by molar-refractivity contribution is 0.0984. The monoisotopic (exact) mass is 548 g/mol. The van der Waals surface area contributed by atoms with Crippen LogP contribution in [0.25, 0.3) is 5.82 Å². The van der Waals surface area contributed by atoms with Gasteiger partial charge in [-0.1, -0.05) is 6.07 Å². The van der Waals surface area contributed by atoms with Crippen molar-refractivity contribution in [2.24, 2.45) is 16.7 Å². The Morgan fingerprint density at radius 2 is 1.90 bits per heavy atom. The van der Waals surface area contributed by atoms with E-state index in [1.165, 1.54) is 31.7 Å². The summed E-state index contributed by atoms with van der Waals surface area (Å²) >= 11 is 0.983. The zero-order valence-corrected chi connectivity index (χ0v) is 23.1. The molecule has 0 atom stereocenters. The Morgan fingerprint density at radius 1 is 1.10 bits per heavy atom. The molecule has 8 nitrogen and oxygen atoms in total. The third-order valence-corrected chi connectivity index (χ3v) is 10.2. The van der Waals surface area contributed by atoms with E-state index in [9.17, 15) is 9.18 Å². The summed E-state index contributed by atoms with van der Waals surface area (Å²) in [4.78, 5) is 24.2. The summed E-state index contributed by atoms with van der Waals surface area (Å²) in [5.74, 6) is 1.78. The van der Waals surface area contributed by atoms with E-state index in [2.05, 4.69) is 33.6 Å². The second kappa shape index (κ2) is 8.94. The third-order valence-electron chi connectivity index (χ3n) is 9.48. The van der Waals surface area contributed by atoms with E-state index in [-0.39, 0.29) is 11.4 Å². The van der Waals surface area contributed by atoms with E-state index < -0.39 is 5.95 Å². The first kappa shape index (κ1) is 24.9. The Kier molecular flexibility index (Phi) is 5.70. The fraction of sp³-hybridized carbons (Fsp3) is 0.517. The summed E-state index contributed by atoms with van der Waals surface area (Å²) in [5.41, 5.74) is 1.70. The smallest absolute Gasteiger partial charge is 0.265 e. The fourth-order valence-electron chi connectivity index (χ4n) is 7.20. The number of nitrogens with one attached hydrogen (secondary N) is 1. The number of carbonyl (C=O) groups excluding carboxylic acids is 1. The molecule has 10 heteroatoms. The zero-order valence-electron chi connectivity index (χ0n) is 22.3. The predicted molar refractivity (Wildman–Crippen MR) is 146 cm³/mol. The lowest BCUT2D eigenvalue weighted by Crippen LogP contribution is -2.40. The van der Waals surface area contributed by atoms with E-state index in [0.717, 1.165) is 43.7 Å². The third kappa shape index (κ3) is 4.27. The number of aromatic nitrogens is 4. The number of hydrogen-bond acceptors (Lipinski definition) is 7. The average Bonchev–Trinajstić information content (AvgIpc) is 3.87. The lowest BCUT2D eigenvalue weighted by Gasteiger charge is -2.34.